The Labute approximate surface area is 109 Å². The minimum absolute atomic E-state index is 0.0116. The monoisotopic (exact) mass is 298 g/mol. The highest BCUT2D eigenvalue weighted by atomic mass is 79.9. The van der Waals surface area contributed by atoms with Crippen molar-refractivity contribution in [1.29, 1.82) is 0 Å². The van der Waals surface area contributed by atoms with Crippen molar-refractivity contribution in [3.8, 4) is 0 Å². The number of rotatable bonds is 2. The zero-order chi connectivity index (χ0) is 12.4. The number of carbonyl (C=O) groups excluding carboxylic acids is 1. The molecule has 1 fully saturated rings. The summed E-state index contributed by atoms with van der Waals surface area (Å²) in [5, 5.41) is 0. The third-order valence-corrected chi connectivity index (χ3v) is 3.39. The number of ether oxygens (including phenoxy) is 1. The van der Waals surface area contributed by atoms with Crippen LogP contribution in [-0.2, 0) is 4.74 Å². The van der Waals surface area contributed by atoms with Crippen molar-refractivity contribution < 1.29 is 9.53 Å². The molecule has 0 spiro atoms. The quantitative estimate of drug-likeness (QED) is 0.849. The molecule has 0 bridgehead atoms. The normalized spacial score (nSPS) is 19.6. The highest BCUT2D eigenvalue weighted by Crippen LogP contribution is 2.21. The molecule has 1 aliphatic heterocycles. The lowest BCUT2D eigenvalue weighted by molar-refractivity contribution is 0.0724. The molecule has 1 aliphatic rings. The van der Waals surface area contributed by atoms with E-state index in [2.05, 4.69) is 15.9 Å². The summed E-state index contributed by atoms with van der Waals surface area (Å²) < 4.78 is 6.07. The second-order valence-corrected chi connectivity index (χ2v) is 5.09. The first-order valence-corrected chi connectivity index (χ1v) is 6.27. The lowest BCUT2D eigenvalue weighted by Gasteiger charge is -2.16. The molecule has 1 heterocycles. The van der Waals surface area contributed by atoms with E-state index in [1.807, 2.05) is 0 Å². The van der Waals surface area contributed by atoms with Gasteiger partial charge >= 0.3 is 0 Å². The molecule has 0 aromatic heterocycles. The van der Waals surface area contributed by atoms with Gasteiger partial charge in [-0.15, -0.1) is 0 Å². The summed E-state index contributed by atoms with van der Waals surface area (Å²) in [5.74, 6) is 0.0116. The second kappa shape index (κ2) is 5.06. The Kier molecular flexibility index (Phi) is 3.69. The summed E-state index contributed by atoms with van der Waals surface area (Å²) in [4.78, 5) is 14.0. The summed E-state index contributed by atoms with van der Waals surface area (Å²) in [6.07, 6.45) is 1.05. The van der Waals surface area contributed by atoms with Gasteiger partial charge in [0.1, 0.15) is 0 Å². The van der Waals surface area contributed by atoms with Crippen LogP contribution in [0.1, 0.15) is 16.8 Å². The molecule has 0 aliphatic carbocycles. The molecule has 2 N–H and O–H groups in total. The second-order valence-electron chi connectivity index (χ2n) is 4.17. The number of methoxy groups -OCH3 is 1. The highest BCUT2D eigenvalue weighted by molar-refractivity contribution is 9.10. The van der Waals surface area contributed by atoms with E-state index in [9.17, 15) is 4.79 Å². The molecule has 4 nitrogen and oxygen atoms in total. The van der Waals surface area contributed by atoms with Gasteiger partial charge in [-0.2, -0.15) is 0 Å². The van der Waals surface area contributed by atoms with Crippen LogP contribution >= 0.6 is 15.9 Å². The van der Waals surface area contributed by atoms with Crippen molar-refractivity contribution in [2.75, 3.05) is 25.9 Å². The fraction of sp³-hybridized carbons (Fsp3) is 0.417. The van der Waals surface area contributed by atoms with Crippen LogP contribution in [0.15, 0.2) is 22.7 Å². The van der Waals surface area contributed by atoms with Gasteiger partial charge < -0.3 is 15.4 Å². The van der Waals surface area contributed by atoms with E-state index in [0.29, 0.717) is 17.8 Å². The first-order chi connectivity index (χ1) is 8.10. The summed E-state index contributed by atoms with van der Waals surface area (Å²) >= 11 is 3.34. The van der Waals surface area contributed by atoms with E-state index in [1.54, 1.807) is 30.2 Å². The van der Waals surface area contributed by atoms with Gasteiger partial charge in [0.05, 0.1) is 6.10 Å². The van der Waals surface area contributed by atoms with Crippen molar-refractivity contribution in [3.63, 3.8) is 0 Å². The fourth-order valence-corrected chi connectivity index (χ4v) is 2.53. The number of hydrogen-bond donors (Lipinski definition) is 1. The van der Waals surface area contributed by atoms with Crippen LogP contribution in [-0.4, -0.2) is 37.1 Å². The van der Waals surface area contributed by atoms with Crippen molar-refractivity contribution in [2.24, 2.45) is 0 Å². The van der Waals surface area contributed by atoms with Gasteiger partial charge in [0.25, 0.3) is 5.91 Å². The van der Waals surface area contributed by atoms with E-state index >= 15 is 0 Å². The molecule has 1 amide bonds. The smallest absolute Gasteiger partial charge is 0.254 e. The maximum Gasteiger partial charge on any atom is 0.254 e. The van der Waals surface area contributed by atoms with Crippen LogP contribution in [0.4, 0.5) is 5.69 Å². The van der Waals surface area contributed by atoms with Crippen LogP contribution in [0.5, 0.6) is 0 Å². The lowest BCUT2D eigenvalue weighted by atomic mass is 10.2. The average Bonchev–Trinajstić information content (AvgIpc) is 2.75. The Morgan fingerprint density at radius 2 is 2.29 bits per heavy atom. The van der Waals surface area contributed by atoms with Gasteiger partial charge in [0, 0.05) is 35.9 Å². The molecule has 1 aromatic rings. The summed E-state index contributed by atoms with van der Waals surface area (Å²) in [6.45, 7) is 1.39. The maximum absolute atomic E-state index is 12.2. The van der Waals surface area contributed by atoms with E-state index in [4.69, 9.17) is 10.5 Å². The van der Waals surface area contributed by atoms with Crippen LogP contribution in [0.2, 0.25) is 0 Å². The Balaban J connectivity index is 2.14. The Bertz CT molecular complexity index is 416. The number of benzene rings is 1. The Hall–Kier alpha value is -1.07. The van der Waals surface area contributed by atoms with Crippen LogP contribution < -0.4 is 5.73 Å². The number of carbonyl (C=O) groups is 1. The number of hydrogen-bond acceptors (Lipinski definition) is 3. The molecule has 92 valence electrons. The summed E-state index contributed by atoms with van der Waals surface area (Å²) in [6, 6.07) is 5.27. The molecule has 1 atom stereocenters. The van der Waals surface area contributed by atoms with E-state index in [0.717, 1.165) is 17.4 Å². The van der Waals surface area contributed by atoms with Gasteiger partial charge in [0.15, 0.2) is 0 Å². The topological polar surface area (TPSA) is 55.6 Å². The van der Waals surface area contributed by atoms with E-state index in [-0.39, 0.29) is 12.0 Å². The first kappa shape index (κ1) is 12.4. The maximum atomic E-state index is 12.2. The van der Waals surface area contributed by atoms with Gasteiger partial charge in [0.2, 0.25) is 0 Å². The third-order valence-electron chi connectivity index (χ3n) is 2.93. The molecular weight excluding hydrogens is 284 g/mol. The van der Waals surface area contributed by atoms with Crippen LogP contribution in [0, 0.1) is 0 Å². The van der Waals surface area contributed by atoms with Gasteiger partial charge in [-0.25, -0.2) is 0 Å². The fourth-order valence-electron chi connectivity index (χ4n) is 2.02. The number of nitrogen functional groups attached to an aromatic ring is 1. The van der Waals surface area contributed by atoms with Crippen molar-refractivity contribution in [1.82, 2.24) is 4.90 Å². The summed E-state index contributed by atoms with van der Waals surface area (Å²) in [7, 11) is 1.68. The van der Waals surface area contributed by atoms with Gasteiger partial charge in [-0.05, 0) is 24.6 Å². The average molecular weight is 299 g/mol. The van der Waals surface area contributed by atoms with Crippen LogP contribution in [0.3, 0.4) is 0 Å². The SMILES string of the molecule is COC1CCN(C(=O)c2cc(N)cc(Br)c2)C1. The molecule has 5 heteroatoms. The first-order valence-electron chi connectivity index (χ1n) is 5.48. The Morgan fingerprint density at radius 1 is 1.53 bits per heavy atom. The number of nitrogens with two attached hydrogens (primary N) is 1. The molecule has 1 saturated heterocycles. The molecular formula is C12H15BrN2O2. The molecule has 0 radical (unpaired) electrons. The predicted octanol–water partition coefficient (Wildman–Crippen LogP) is 1.89. The zero-order valence-electron chi connectivity index (χ0n) is 9.65. The van der Waals surface area contributed by atoms with Crippen molar-refractivity contribution >= 4 is 27.5 Å². The molecule has 0 saturated carbocycles. The van der Waals surface area contributed by atoms with Gasteiger partial charge in [-0.1, -0.05) is 15.9 Å². The van der Waals surface area contributed by atoms with Crippen molar-refractivity contribution in [3.05, 3.63) is 28.2 Å². The zero-order valence-corrected chi connectivity index (χ0v) is 11.2. The van der Waals surface area contributed by atoms with Crippen molar-refractivity contribution in [2.45, 2.75) is 12.5 Å². The molecule has 1 aromatic carbocycles. The summed E-state index contributed by atoms with van der Waals surface area (Å²) in [5.41, 5.74) is 6.93. The molecule has 17 heavy (non-hydrogen) atoms. The predicted molar refractivity (Wildman–Crippen MR) is 69.9 cm³/mol. The van der Waals surface area contributed by atoms with E-state index in [1.165, 1.54) is 0 Å². The van der Waals surface area contributed by atoms with E-state index < -0.39 is 0 Å². The molecule has 1 unspecified atom stereocenters. The lowest BCUT2D eigenvalue weighted by Crippen LogP contribution is -2.30. The number of amides is 1. The minimum Gasteiger partial charge on any atom is -0.399 e. The van der Waals surface area contributed by atoms with Gasteiger partial charge in [-0.3, -0.25) is 4.79 Å². The largest absolute Gasteiger partial charge is 0.399 e. The molecule has 2 rings (SSSR count). The number of likely N-dealkylation sites (tertiary alicyclic amines) is 1. The number of halogens is 1. The number of nitrogens with zero attached hydrogens (tertiary/aromatic N) is 1. The Morgan fingerprint density at radius 3 is 2.88 bits per heavy atom. The minimum atomic E-state index is 0.0116. The third kappa shape index (κ3) is 2.79. The number of anilines is 1. The standard InChI is InChI=1S/C12H15BrN2O2/c1-17-11-2-3-15(7-11)12(16)8-4-9(13)6-10(14)5-8/h4-6,11H,2-3,7,14H2,1H3. The highest BCUT2D eigenvalue weighted by Gasteiger charge is 2.26. The van der Waals surface area contributed by atoms with Crippen LogP contribution in [0.25, 0.3) is 0 Å².